The van der Waals surface area contributed by atoms with Gasteiger partial charge in [-0.2, -0.15) is 0 Å². The van der Waals surface area contributed by atoms with Gasteiger partial charge >= 0.3 is 5.97 Å². The Labute approximate surface area is 461 Å². The molecular formula is C55H65N11O14. The van der Waals surface area contributed by atoms with Crippen LogP contribution < -0.4 is 36.1 Å². The van der Waals surface area contributed by atoms with Crippen LogP contribution in [0.1, 0.15) is 77.4 Å². The molecule has 1 saturated heterocycles. The highest BCUT2D eigenvalue weighted by molar-refractivity contribution is 6.13. The SMILES string of the molecule is C=C1C[C@H]2C=Nc3cc(OCCCC(=O)Nc4cn(C)c(C(=O)Nc5ccc(-c6cc(C(=O)NC[C@H](C)OC(=O)[C@H](C)NC(=O)CCOCCOCCNC(=O)CCN7C(=O)C=CC7=O)n(C)c6)cc5)n4)c(OC)cc3C(=O)N2C1. The van der Waals surface area contributed by atoms with E-state index in [0.29, 0.717) is 53.5 Å². The lowest BCUT2D eigenvalue weighted by Gasteiger charge is -2.20. The zero-order valence-corrected chi connectivity index (χ0v) is 45.2. The molecule has 5 N–H and O–H groups in total. The second kappa shape index (κ2) is 27.6. The van der Waals surface area contributed by atoms with Crippen molar-refractivity contribution in [2.45, 2.75) is 64.1 Å². The van der Waals surface area contributed by atoms with E-state index in [0.717, 1.165) is 33.8 Å². The Kier molecular flexibility index (Phi) is 20.2. The summed E-state index contributed by atoms with van der Waals surface area (Å²) >= 11 is 0. The molecule has 25 nitrogen and oxygen atoms in total. The van der Waals surface area contributed by atoms with Gasteiger partial charge in [0, 0.05) is 101 Å². The molecule has 0 saturated carbocycles. The van der Waals surface area contributed by atoms with Crippen LogP contribution >= 0.6 is 0 Å². The summed E-state index contributed by atoms with van der Waals surface area (Å²) < 4.78 is 30.9. The molecule has 0 spiro atoms. The third-order valence-corrected chi connectivity index (χ3v) is 12.8. The van der Waals surface area contributed by atoms with Crippen LogP contribution in [0.4, 0.5) is 17.2 Å². The molecule has 0 aliphatic carbocycles. The van der Waals surface area contributed by atoms with Gasteiger partial charge in [-0.25, -0.2) is 9.78 Å². The van der Waals surface area contributed by atoms with Crippen molar-refractivity contribution in [2.75, 3.05) is 77.0 Å². The Morgan fingerprint density at radius 2 is 1.51 bits per heavy atom. The van der Waals surface area contributed by atoms with Crippen LogP contribution in [0.5, 0.6) is 11.5 Å². The first-order chi connectivity index (χ1) is 38.4. The molecule has 424 valence electrons. The topological polar surface area (TPSA) is 302 Å². The van der Waals surface area contributed by atoms with Gasteiger partial charge in [-0.15, -0.1) is 0 Å². The molecule has 3 aliphatic rings. The number of hydrogen-bond acceptors (Lipinski definition) is 16. The number of hydrogen-bond donors (Lipinski definition) is 5. The van der Waals surface area contributed by atoms with E-state index in [1.807, 2.05) is 0 Å². The minimum atomic E-state index is -0.966. The van der Waals surface area contributed by atoms with Gasteiger partial charge in [0.1, 0.15) is 17.8 Å². The molecule has 80 heavy (non-hydrogen) atoms. The van der Waals surface area contributed by atoms with Gasteiger partial charge in [-0.3, -0.25) is 48.2 Å². The molecule has 0 unspecified atom stereocenters. The maximum Gasteiger partial charge on any atom is 0.328 e. The van der Waals surface area contributed by atoms with Crippen molar-refractivity contribution in [3.63, 3.8) is 0 Å². The number of nitrogens with zero attached hydrogens (tertiary/aromatic N) is 6. The summed E-state index contributed by atoms with van der Waals surface area (Å²) in [6.07, 6.45) is 7.71. The smallest absolute Gasteiger partial charge is 0.328 e. The molecule has 0 bridgehead atoms. The van der Waals surface area contributed by atoms with Crippen LogP contribution in [-0.2, 0) is 57.1 Å². The number of imide groups is 1. The summed E-state index contributed by atoms with van der Waals surface area (Å²) in [5.74, 6) is -2.74. The largest absolute Gasteiger partial charge is 0.493 e. The lowest BCUT2D eigenvalue weighted by atomic mass is 10.1. The highest BCUT2D eigenvalue weighted by atomic mass is 16.5. The number of imidazole rings is 1. The fourth-order valence-corrected chi connectivity index (χ4v) is 8.59. The van der Waals surface area contributed by atoms with Crippen LogP contribution in [0.25, 0.3) is 11.1 Å². The number of carbonyl (C=O) groups excluding carboxylic acids is 9. The highest BCUT2D eigenvalue weighted by Gasteiger charge is 2.34. The van der Waals surface area contributed by atoms with Crippen LogP contribution in [0.15, 0.2) is 84.2 Å². The summed E-state index contributed by atoms with van der Waals surface area (Å²) in [6.45, 7) is 8.64. The molecule has 4 aromatic rings. The molecule has 2 aromatic carbocycles. The first kappa shape index (κ1) is 58.7. The Hall–Kier alpha value is -8.97. The number of fused-ring (bicyclic) bond motifs is 2. The van der Waals surface area contributed by atoms with E-state index < -0.39 is 47.7 Å². The predicted molar refractivity (Wildman–Crippen MR) is 290 cm³/mol. The van der Waals surface area contributed by atoms with Gasteiger partial charge in [0.05, 0.1) is 64.0 Å². The van der Waals surface area contributed by atoms with Gasteiger partial charge in [0.2, 0.25) is 23.5 Å². The van der Waals surface area contributed by atoms with E-state index in [1.165, 1.54) is 24.8 Å². The molecule has 7 rings (SSSR count). The van der Waals surface area contributed by atoms with Crippen LogP contribution in [0.2, 0.25) is 0 Å². The number of benzene rings is 2. The molecule has 3 aliphatic heterocycles. The molecule has 3 atom stereocenters. The second-order valence-corrected chi connectivity index (χ2v) is 19.1. The van der Waals surface area contributed by atoms with Gasteiger partial charge in [-0.05, 0) is 56.5 Å². The number of anilines is 2. The number of aromatic nitrogens is 3. The van der Waals surface area contributed by atoms with Crippen molar-refractivity contribution < 1.29 is 66.8 Å². The van der Waals surface area contributed by atoms with E-state index in [-0.39, 0.29) is 107 Å². The number of ether oxygens (including phenoxy) is 5. The van der Waals surface area contributed by atoms with E-state index in [2.05, 4.69) is 43.1 Å². The van der Waals surface area contributed by atoms with E-state index in [9.17, 15) is 43.2 Å². The van der Waals surface area contributed by atoms with E-state index in [4.69, 9.17) is 23.7 Å². The number of methoxy groups -OCH3 is 1. The fraction of sp³-hybridized carbons (Fsp3) is 0.400. The monoisotopic (exact) mass is 1100 g/mol. The molecule has 25 heteroatoms. The van der Waals surface area contributed by atoms with Crippen molar-refractivity contribution in [3.05, 3.63) is 96.2 Å². The number of rotatable bonds is 28. The molecule has 1 fully saturated rings. The molecule has 8 amide bonds. The summed E-state index contributed by atoms with van der Waals surface area (Å²) in [7, 11) is 4.83. The number of amides is 8. The molecule has 0 radical (unpaired) electrons. The van der Waals surface area contributed by atoms with Gasteiger partial charge in [0.15, 0.2) is 17.3 Å². The fourth-order valence-electron chi connectivity index (χ4n) is 8.59. The molecule has 2 aromatic heterocycles. The lowest BCUT2D eigenvalue weighted by Crippen LogP contribution is -2.42. The minimum absolute atomic E-state index is 0.00398. The number of carbonyl (C=O) groups is 9. The third-order valence-electron chi connectivity index (χ3n) is 12.8. The first-order valence-electron chi connectivity index (χ1n) is 25.9. The van der Waals surface area contributed by atoms with Crippen LogP contribution in [0.3, 0.4) is 0 Å². The summed E-state index contributed by atoms with van der Waals surface area (Å²) in [5, 5.41) is 13.5. The van der Waals surface area contributed by atoms with Crippen molar-refractivity contribution >= 4 is 76.6 Å². The van der Waals surface area contributed by atoms with Gasteiger partial charge in [-0.1, -0.05) is 24.3 Å². The number of nitrogens with one attached hydrogen (secondary N) is 5. The van der Waals surface area contributed by atoms with Crippen LogP contribution in [0, 0.1) is 0 Å². The van der Waals surface area contributed by atoms with Crippen molar-refractivity contribution in [1.82, 2.24) is 39.9 Å². The van der Waals surface area contributed by atoms with Gasteiger partial charge in [0.25, 0.3) is 29.5 Å². The van der Waals surface area contributed by atoms with E-state index >= 15 is 0 Å². The quantitative estimate of drug-likeness (QED) is 0.0236. The Morgan fingerprint density at radius 3 is 2.25 bits per heavy atom. The number of aliphatic imine (C=N–C) groups is 1. The Bertz CT molecular complexity index is 3050. The second-order valence-electron chi connectivity index (χ2n) is 19.1. The lowest BCUT2D eigenvalue weighted by molar-refractivity contribution is -0.151. The Morgan fingerprint density at radius 1 is 0.775 bits per heavy atom. The average Bonchev–Trinajstić information content (AvgIpc) is 4.20. The maximum atomic E-state index is 13.3. The molecular weight excluding hydrogens is 1040 g/mol. The van der Waals surface area contributed by atoms with Crippen molar-refractivity contribution in [3.8, 4) is 22.6 Å². The highest BCUT2D eigenvalue weighted by Crippen LogP contribution is 2.38. The first-order valence-corrected chi connectivity index (χ1v) is 25.9. The minimum Gasteiger partial charge on any atom is -0.493 e. The zero-order valence-electron chi connectivity index (χ0n) is 45.2. The number of aryl methyl sites for hydroxylation is 2. The van der Waals surface area contributed by atoms with Gasteiger partial charge < -0.3 is 64.3 Å². The summed E-state index contributed by atoms with van der Waals surface area (Å²) in [4.78, 5) is 124. The maximum absolute atomic E-state index is 13.3. The molecule has 5 heterocycles. The number of esters is 1. The standard InChI is InChI=1S/C55H65N11O14/c1-33-24-39-29-57-41-27-44(43(76-6)26-40(41)54(74)66(39)30-33)79-19-7-8-47(68)61-45-32-64(5)51(62-45)53(73)60-38-11-9-36(10-12-38)37-25-42(63(4)31-37)52(72)58-28-34(2)80-55(75)35(3)59-48(69)16-20-77-22-23-78-21-17-56-46(67)15-18-65-49(70)13-14-50(65)71/h9-14,25-27,29,31-32,34-35,39H,1,7-8,15-24,28,30H2,2-6H3,(H,56,67)(H,58,72)(H,59,69)(H,60,73)(H,61,68)/t34-,35-,39-/m0/s1. The van der Waals surface area contributed by atoms with Crippen molar-refractivity contribution in [1.29, 1.82) is 0 Å². The zero-order chi connectivity index (χ0) is 57.5. The predicted octanol–water partition coefficient (Wildman–Crippen LogP) is 2.99. The third kappa shape index (κ3) is 15.8. The van der Waals surface area contributed by atoms with Crippen molar-refractivity contribution in [2.24, 2.45) is 19.1 Å². The summed E-state index contributed by atoms with van der Waals surface area (Å²) in [6, 6.07) is 10.9. The van der Waals surface area contributed by atoms with E-state index in [1.54, 1.807) is 85.4 Å². The summed E-state index contributed by atoms with van der Waals surface area (Å²) in [5.41, 5.74) is 4.16. The van der Waals surface area contributed by atoms with Crippen LogP contribution in [-0.4, -0.2) is 168 Å². The normalized spacial score (nSPS) is 15.2. The average molecular weight is 1100 g/mol. The Balaban J connectivity index is 0.756.